The number of aromatic carboxylic acids is 1. The Labute approximate surface area is 106 Å². The topological polar surface area (TPSA) is 92.4 Å². The average molecular weight is 250 g/mol. The van der Waals surface area contributed by atoms with E-state index in [2.05, 4.69) is 5.32 Å². The number of hydrogen-bond donors (Lipinski definition) is 3. The summed E-state index contributed by atoms with van der Waals surface area (Å²) in [6.45, 7) is 7.38. The Morgan fingerprint density at radius 2 is 1.78 bits per heavy atom. The molecule has 0 bridgehead atoms. The lowest BCUT2D eigenvalue weighted by molar-refractivity contribution is 0.0695. The zero-order chi connectivity index (χ0) is 14.1. The van der Waals surface area contributed by atoms with Crippen LogP contribution in [0.1, 0.15) is 47.1 Å². The van der Waals surface area contributed by atoms with Crippen molar-refractivity contribution in [3.63, 3.8) is 0 Å². The van der Waals surface area contributed by atoms with E-state index in [0.717, 1.165) is 0 Å². The number of carbonyl (C=O) groups is 2. The van der Waals surface area contributed by atoms with E-state index in [4.69, 9.17) is 10.8 Å². The number of hydrogen-bond acceptors (Lipinski definition) is 3. The quantitative estimate of drug-likeness (QED) is 0.765. The Bertz CT molecular complexity index is 502. The maximum atomic E-state index is 11.4. The predicted octanol–water partition coefficient (Wildman–Crippen LogP) is 2.00. The molecule has 98 valence electrons. The van der Waals surface area contributed by atoms with Crippen LogP contribution in [0.2, 0.25) is 0 Å². The first-order valence-electron chi connectivity index (χ1n) is 5.58. The van der Waals surface area contributed by atoms with Gasteiger partial charge in [0.15, 0.2) is 0 Å². The van der Waals surface area contributed by atoms with Crippen molar-refractivity contribution in [2.75, 3.05) is 5.32 Å². The van der Waals surface area contributed by atoms with Gasteiger partial charge >= 0.3 is 5.97 Å². The molecule has 0 aliphatic rings. The molecule has 0 saturated heterocycles. The number of primary amides is 1. The van der Waals surface area contributed by atoms with Gasteiger partial charge in [0.25, 0.3) is 5.91 Å². The minimum atomic E-state index is -1.03. The van der Waals surface area contributed by atoms with Gasteiger partial charge in [0.2, 0.25) is 0 Å². The molecule has 1 aromatic carbocycles. The Hall–Kier alpha value is -2.04. The first-order chi connectivity index (χ1) is 8.11. The van der Waals surface area contributed by atoms with Crippen LogP contribution in [0.15, 0.2) is 12.1 Å². The van der Waals surface area contributed by atoms with E-state index in [0.29, 0.717) is 16.8 Å². The number of aryl methyl sites for hydroxylation is 1. The molecule has 1 aromatic rings. The molecule has 5 heteroatoms. The number of rotatable bonds is 3. The van der Waals surface area contributed by atoms with E-state index < -0.39 is 11.9 Å². The van der Waals surface area contributed by atoms with E-state index in [1.807, 2.05) is 20.8 Å². The highest BCUT2D eigenvalue weighted by molar-refractivity contribution is 6.01. The summed E-state index contributed by atoms with van der Waals surface area (Å²) in [5, 5.41) is 12.2. The van der Waals surface area contributed by atoms with Gasteiger partial charge in [0.1, 0.15) is 0 Å². The Morgan fingerprint density at radius 3 is 2.17 bits per heavy atom. The normalized spacial score (nSPS) is 11.1. The zero-order valence-electron chi connectivity index (χ0n) is 11.0. The second-order valence-electron chi connectivity index (χ2n) is 5.26. The molecule has 0 saturated carbocycles. The summed E-state index contributed by atoms with van der Waals surface area (Å²) >= 11 is 0. The third-order valence-electron chi connectivity index (χ3n) is 2.37. The summed E-state index contributed by atoms with van der Waals surface area (Å²) in [7, 11) is 0. The number of carbonyl (C=O) groups excluding carboxylic acids is 1. The number of benzene rings is 1. The molecule has 0 unspecified atom stereocenters. The number of carboxylic acids is 1. The summed E-state index contributed by atoms with van der Waals surface area (Å²) < 4.78 is 0. The molecule has 0 atom stereocenters. The van der Waals surface area contributed by atoms with Crippen molar-refractivity contribution in [3.05, 3.63) is 28.8 Å². The lowest BCUT2D eigenvalue weighted by atomic mass is 10.00. The maximum absolute atomic E-state index is 11.4. The Kier molecular flexibility index (Phi) is 3.65. The van der Waals surface area contributed by atoms with Gasteiger partial charge in [-0.1, -0.05) is 0 Å². The fourth-order valence-electron chi connectivity index (χ4n) is 1.65. The lowest BCUT2D eigenvalue weighted by Crippen LogP contribution is -2.28. The molecule has 5 nitrogen and oxygen atoms in total. The number of carboxylic acid groups (broad SMARTS) is 1. The van der Waals surface area contributed by atoms with Crippen molar-refractivity contribution in [2.24, 2.45) is 5.73 Å². The fraction of sp³-hybridized carbons (Fsp3) is 0.385. The molecule has 1 rings (SSSR count). The van der Waals surface area contributed by atoms with Crippen LogP contribution < -0.4 is 11.1 Å². The minimum absolute atomic E-state index is 0.159. The highest BCUT2D eigenvalue weighted by Crippen LogP contribution is 2.24. The second-order valence-corrected chi connectivity index (χ2v) is 5.26. The van der Waals surface area contributed by atoms with E-state index in [1.165, 1.54) is 12.1 Å². The van der Waals surface area contributed by atoms with Gasteiger partial charge in [-0.2, -0.15) is 0 Å². The van der Waals surface area contributed by atoms with Gasteiger partial charge in [0.05, 0.1) is 11.1 Å². The first kappa shape index (κ1) is 14.0. The molecule has 1 amide bonds. The van der Waals surface area contributed by atoms with E-state index in [9.17, 15) is 9.59 Å². The molecule has 0 aliphatic heterocycles. The molecule has 0 spiro atoms. The van der Waals surface area contributed by atoms with Crippen LogP contribution in [0, 0.1) is 6.92 Å². The third kappa shape index (κ3) is 3.23. The van der Waals surface area contributed by atoms with Crippen molar-refractivity contribution in [1.82, 2.24) is 0 Å². The standard InChI is InChI=1S/C13H18N2O3/c1-7-5-9(11(14)16)10(15-13(2,3)4)6-8(7)12(17)18/h5-6,15H,1-4H3,(H2,14,16)(H,17,18). The minimum Gasteiger partial charge on any atom is -0.478 e. The lowest BCUT2D eigenvalue weighted by Gasteiger charge is -2.24. The van der Waals surface area contributed by atoms with E-state index >= 15 is 0 Å². The predicted molar refractivity (Wildman–Crippen MR) is 70.0 cm³/mol. The van der Waals surface area contributed by atoms with Gasteiger partial charge < -0.3 is 16.2 Å². The fourth-order valence-corrected chi connectivity index (χ4v) is 1.65. The molecular formula is C13H18N2O3. The molecule has 0 radical (unpaired) electrons. The summed E-state index contributed by atoms with van der Waals surface area (Å²) in [5.74, 6) is -1.61. The monoisotopic (exact) mass is 250 g/mol. The maximum Gasteiger partial charge on any atom is 0.336 e. The smallest absolute Gasteiger partial charge is 0.336 e. The zero-order valence-corrected chi connectivity index (χ0v) is 11.0. The molecule has 0 aromatic heterocycles. The molecule has 4 N–H and O–H groups in total. The van der Waals surface area contributed by atoms with Crippen LogP contribution in [0.3, 0.4) is 0 Å². The van der Waals surface area contributed by atoms with Crippen LogP contribution in [0.4, 0.5) is 5.69 Å². The number of nitrogens with one attached hydrogen (secondary N) is 1. The second kappa shape index (κ2) is 4.68. The summed E-state index contributed by atoms with van der Waals surface area (Å²) in [4.78, 5) is 22.5. The molecular weight excluding hydrogens is 232 g/mol. The highest BCUT2D eigenvalue weighted by atomic mass is 16.4. The van der Waals surface area contributed by atoms with Crippen molar-refractivity contribution in [3.8, 4) is 0 Å². The number of nitrogens with two attached hydrogens (primary N) is 1. The number of amides is 1. The van der Waals surface area contributed by atoms with Crippen molar-refractivity contribution in [1.29, 1.82) is 0 Å². The SMILES string of the molecule is Cc1cc(C(N)=O)c(NC(C)(C)C)cc1C(=O)O. The van der Waals surface area contributed by atoms with Crippen molar-refractivity contribution in [2.45, 2.75) is 33.2 Å². The molecule has 18 heavy (non-hydrogen) atoms. The summed E-state index contributed by atoms with van der Waals surface area (Å²) in [6, 6.07) is 2.95. The van der Waals surface area contributed by atoms with Crippen molar-refractivity contribution < 1.29 is 14.7 Å². The Balaban J connectivity index is 3.40. The van der Waals surface area contributed by atoms with Gasteiger partial charge in [-0.25, -0.2) is 4.79 Å². The summed E-state index contributed by atoms with van der Waals surface area (Å²) in [6.07, 6.45) is 0. The molecule has 0 aliphatic carbocycles. The van der Waals surface area contributed by atoms with Gasteiger partial charge in [0, 0.05) is 11.2 Å². The van der Waals surface area contributed by atoms with Gasteiger partial charge in [-0.15, -0.1) is 0 Å². The van der Waals surface area contributed by atoms with Crippen LogP contribution >= 0.6 is 0 Å². The van der Waals surface area contributed by atoms with Gasteiger partial charge in [-0.05, 0) is 45.4 Å². The van der Waals surface area contributed by atoms with E-state index in [-0.39, 0.29) is 11.1 Å². The van der Waals surface area contributed by atoms with Crippen LogP contribution in [-0.4, -0.2) is 22.5 Å². The molecule has 0 heterocycles. The van der Waals surface area contributed by atoms with Gasteiger partial charge in [-0.3, -0.25) is 4.79 Å². The first-order valence-corrected chi connectivity index (χ1v) is 5.58. The van der Waals surface area contributed by atoms with Crippen LogP contribution in [0.5, 0.6) is 0 Å². The number of anilines is 1. The van der Waals surface area contributed by atoms with Crippen LogP contribution in [-0.2, 0) is 0 Å². The molecule has 0 fully saturated rings. The van der Waals surface area contributed by atoms with Crippen LogP contribution in [0.25, 0.3) is 0 Å². The van der Waals surface area contributed by atoms with E-state index in [1.54, 1.807) is 6.92 Å². The largest absolute Gasteiger partial charge is 0.478 e. The Morgan fingerprint density at radius 1 is 1.22 bits per heavy atom. The third-order valence-corrected chi connectivity index (χ3v) is 2.37. The van der Waals surface area contributed by atoms with Crippen molar-refractivity contribution >= 4 is 17.6 Å². The highest BCUT2D eigenvalue weighted by Gasteiger charge is 2.19. The average Bonchev–Trinajstić information content (AvgIpc) is 2.17. The summed E-state index contributed by atoms with van der Waals surface area (Å²) in [5.41, 5.74) is 6.42.